The van der Waals surface area contributed by atoms with E-state index >= 15 is 0 Å². The molecule has 0 fully saturated rings. The number of carbonyl (C=O) groups is 1. The van der Waals surface area contributed by atoms with Crippen LogP contribution >= 0.6 is 0 Å². The third-order valence-corrected chi connectivity index (χ3v) is 4.14. The van der Waals surface area contributed by atoms with Gasteiger partial charge in [0, 0.05) is 18.2 Å². The Bertz CT molecular complexity index is 1140. The van der Waals surface area contributed by atoms with E-state index < -0.39 is 0 Å². The van der Waals surface area contributed by atoms with Gasteiger partial charge in [0.25, 0.3) is 0 Å². The van der Waals surface area contributed by atoms with Crippen molar-refractivity contribution >= 4 is 12.0 Å². The molecule has 0 aliphatic rings. The van der Waals surface area contributed by atoms with Gasteiger partial charge in [0.05, 0.1) is 45.8 Å². The average molecular weight is 354 g/mol. The number of rotatable bonds is 4. The lowest BCUT2D eigenvalue weighted by molar-refractivity contribution is 0.112. The molecule has 6 nitrogen and oxygen atoms in total. The van der Waals surface area contributed by atoms with Crippen LogP contribution in [0.25, 0.3) is 11.3 Å². The topological polar surface area (TPSA) is 113 Å². The molecule has 0 saturated carbocycles. The number of H-pyrrole nitrogens is 1. The molecule has 0 saturated heterocycles. The second kappa shape index (κ2) is 7.38. The van der Waals surface area contributed by atoms with Crippen LogP contribution in [0.2, 0.25) is 0 Å². The highest BCUT2D eigenvalue weighted by molar-refractivity contribution is 6.19. The van der Waals surface area contributed by atoms with Crippen LogP contribution in [0.4, 0.5) is 0 Å². The summed E-state index contributed by atoms with van der Waals surface area (Å²) in [5.74, 6) is -0.211. The molecule has 0 spiro atoms. The number of aliphatic imine (C=N–C) groups is 1. The maximum Gasteiger partial charge on any atom is 0.199 e. The van der Waals surface area contributed by atoms with E-state index in [1.165, 1.54) is 0 Å². The molecule has 2 N–H and O–H groups in total. The molecule has 0 radical (unpaired) electrons. The molecule has 27 heavy (non-hydrogen) atoms. The van der Waals surface area contributed by atoms with Crippen molar-refractivity contribution in [2.45, 2.75) is 0 Å². The minimum atomic E-state index is -0.211. The molecule has 6 heteroatoms. The van der Waals surface area contributed by atoms with Gasteiger partial charge in [-0.15, -0.1) is 0 Å². The van der Waals surface area contributed by atoms with Gasteiger partial charge in [-0.05, 0) is 24.3 Å². The molecule has 1 heterocycles. The number of nitrogens with zero attached hydrogens (tertiary/aromatic N) is 3. The van der Waals surface area contributed by atoms with Gasteiger partial charge in [0.2, 0.25) is 0 Å². The first kappa shape index (κ1) is 17.7. The number of hydrogen-bond acceptors (Lipinski definition) is 5. The molecule has 2 aromatic carbocycles. The Labute approximate surface area is 155 Å². The molecular formula is C21H14N4O2. The standard InChI is InChI=1S/C21H14N4O2/c1-24-20(16-7-3-5-14(9-16)11-23)18-17(12-26)19(25-21(18)27)15-6-2-4-13(8-15)10-22/h2-9,12,25,27H,1H3. The van der Waals surface area contributed by atoms with Crippen molar-refractivity contribution in [2.24, 2.45) is 4.99 Å². The van der Waals surface area contributed by atoms with Crippen LogP contribution in [0.3, 0.4) is 0 Å². The number of nitrogens with one attached hydrogen (secondary N) is 1. The van der Waals surface area contributed by atoms with Crippen molar-refractivity contribution in [1.82, 2.24) is 4.98 Å². The van der Waals surface area contributed by atoms with Crippen molar-refractivity contribution in [2.75, 3.05) is 7.05 Å². The number of carbonyl (C=O) groups excluding carboxylic acids is 1. The van der Waals surface area contributed by atoms with Crippen LogP contribution < -0.4 is 0 Å². The van der Waals surface area contributed by atoms with Crippen molar-refractivity contribution in [3.8, 4) is 29.3 Å². The maximum atomic E-state index is 11.9. The summed E-state index contributed by atoms with van der Waals surface area (Å²) in [6.07, 6.45) is 0.638. The minimum Gasteiger partial charge on any atom is -0.494 e. The van der Waals surface area contributed by atoms with Crippen LogP contribution in [0, 0.1) is 22.7 Å². The highest BCUT2D eigenvalue weighted by Crippen LogP contribution is 2.33. The van der Waals surface area contributed by atoms with E-state index in [2.05, 4.69) is 16.0 Å². The molecule has 130 valence electrons. The number of aromatic amines is 1. The molecule has 0 atom stereocenters. The molecule has 0 amide bonds. The minimum absolute atomic E-state index is 0.211. The Morgan fingerprint density at radius 1 is 1.11 bits per heavy atom. The van der Waals surface area contributed by atoms with Crippen LogP contribution in [-0.4, -0.2) is 29.1 Å². The predicted octanol–water partition coefficient (Wildman–Crippen LogP) is 3.41. The number of aromatic nitrogens is 1. The van der Waals surface area contributed by atoms with Gasteiger partial charge in [-0.3, -0.25) is 9.79 Å². The molecular weight excluding hydrogens is 340 g/mol. The van der Waals surface area contributed by atoms with Crippen LogP contribution in [-0.2, 0) is 0 Å². The molecule has 1 aromatic heterocycles. The summed E-state index contributed by atoms with van der Waals surface area (Å²) in [6, 6.07) is 17.6. The highest BCUT2D eigenvalue weighted by Gasteiger charge is 2.23. The lowest BCUT2D eigenvalue weighted by Gasteiger charge is -2.07. The zero-order valence-electron chi connectivity index (χ0n) is 14.4. The summed E-state index contributed by atoms with van der Waals surface area (Å²) < 4.78 is 0. The lowest BCUT2D eigenvalue weighted by Crippen LogP contribution is -2.06. The first-order valence-corrected chi connectivity index (χ1v) is 8.01. The fourth-order valence-corrected chi connectivity index (χ4v) is 2.95. The summed E-state index contributed by atoms with van der Waals surface area (Å²) in [5, 5.41) is 28.7. The van der Waals surface area contributed by atoms with E-state index in [1.807, 2.05) is 6.07 Å². The van der Waals surface area contributed by atoms with E-state index in [0.29, 0.717) is 39.9 Å². The number of aldehydes is 1. The first-order chi connectivity index (χ1) is 13.1. The van der Waals surface area contributed by atoms with Crippen LogP contribution in [0.15, 0.2) is 53.5 Å². The van der Waals surface area contributed by atoms with Gasteiger partial charge >= 0.3 is 0 Å². The number of aromatic hydroxyl groups is 1. The second-order valence-corrected chi connectivity index (χ2v) is 5.71. The number of nitriles is 2. The Hall–Kier alpha value is -4.16. The SMILES string of the molecule is CN=C(c1cccc(C#N)c1)c1c(O)[nH]c(-c2cccc(C#N)c2)c1C=O. The van der Waals surface area contributed by atoms with Crippen molar-refractivity contribution in [3.63, 3.8) is 0 Å². The molecule has 0 bridgehead atoms. The Balaban J connectivity index is 2.22. The van der Waals surface area contributed by atoms with Crippen LogP contribution in [0.5, 0.6) is 5.88 Å². The zero-order chi connectivity index (χ0) is 19.4. The third kappa shape index (κ3) is 3.20. The van der Waals surface area contributed by atoms with Crippen molar-refractivity contribution in [3.05, 3.63) is 76.3 Å². The molecule has 0 aliphatic carbocycles. The van der Waals surface area contributed by atoms with E-state index in [4.69, 9.17) is 10.5 Å². The van der Waals surface area contributed by atoms with Gasteiger partial charge in [-0.1, -0.05) is 24.3 Å². The van der Waals surface area contributed by atoms with E-state index in [0.717, 1.165) is 0 Å². The van der Waals surface area contributed by atoms with Crippen LogP contribution in [0.1, 0.15) is 32.6 Å². The van der Waals surface area contributed by atoms with E-state index in [-0.39, 0.29) is 17.0 Å². The van der Waals surface area contributed by atoms with Gasteiger partial charge in [-0.2, -0.15) is 10.5 Å². The lowest BCUT2D eigenvalue weighted by atomic mass is 9.97. The Morgan fingerprint density at radius 2 is 1.78 bits per heavy atom. The number of hydrogen-bond donors (Lipinski definition) is 2. The molecule has 3 aromatic rings. The summed E-state index contributed by atoms with van der Waals surface area (Å²) in [7, 11) is 1.55. The van der Waals surface area contributed by atoms with E-state index in [1.54, 1.807) is 55.6 Å². The molecule has 0 aliphatic heterocycles. The molecule has 0 unspecified atom stereocenters. The second-order valence-electron chi connectivity index (χ2n) is 5.71. The fraction of sp³-hybridized carbons (Fsp3) is 0.0476. The normalized spacial score (nSPS) is 10.9. The summed E-state index contributed by atoms with van der Waals surface area (Å²) in [6.45, 7) is 0. The van der Waals surface area contributed by atoms with Gasteiger partial charge < -0.3 is 10.1 Å². The largest absolute Gasteiger partial charge is 0.494 e. The smallest absolute Gasteiger partial charge is 0.199 e. The quantitative estimate of drug-likeness (QED) is 0.552. The van der Waals surface area contributed by atoms with Gasteiger partial charge in [0.15, 0.2) is 12.2 Å². The summed E-state index contributed by atoms with van der Waals surface area (Å²) in [5.41, 5.74) is 3.33. The summed E-state index contributed by atoms with van der Waals surface area (Å²) in [4.78, 5) is 18.9. The Morgan fingerprint density at radius 3 is 2.41 bits per heavy atom. The highest BCUT2D eigenvalue weighted by atomic mass is 16.3. The predicted molar refractivity (Wildman–Crippen MR) is 101 cm³/mol. The summed E-state index contributed by atoms with van der Waals surface area (Å²) >= 11 is 0. The maximum absolute atomic E-state index is 11.9. The number of benzene rings is 2. The zero-order valence-corrected chi connectivity index (χ0v) is 14.4. The van der Waals surface area contributed by atoms with E-state index in [9.17, 15) is 9.90 Å². The van der Waals surface area contributed by atoms with Gasteiger partial charge in [-0.25, -0.2) is 0 Å². The first-order valence-electron chi connectivity index (χ1n) is 8.01. The van der Waals surface area contributed by atoms with Crippen molar-refractivity contribution in [1.29, 1.82) is 10.5 Å². The van der Waals surface area contributed by atoms with Crippen molar-refractivity contribution < 1.29 is 9.90 Å². The third-order valence-electron chi connectivity index (χ3n) is 4.14. The monoisotopic (exact) mass is 354 g/mol. The fourth-order valence-electron chi connectivity index (χ4n) is 2.95. The molecule has 3 rings (SSSR count). The van der Waals surface area contributed by atoms with Gasteiger partial charge in [0.1, 0.15) is 0 Å². The Kier molecular flexibility index (Phi) is 4.83. The average Bonchev–Trinajstić information content (AvgIpc) is 3.05.